The number of nitrogens with zero attached hydrogens (tertiary/aromatic N) is 1. The van der Waals surface area contributed by atoms with Gasteiger partial charge in [-0.15, -0.1) is 0 Å². The van der Waals surface area contributed by atoms with Crippen LogP contribution in [0.4, 0.5) is 0 Å². The Morgan fingerprint density at radius 2 is 1.93 bits per heavy atom. The monoisotopic (exact) mass is 424 g/mol. The summed E-state index contributed by atoms with van der Waals surface area (Å²) in [6, 6.07) is 15.7. The summed E-state index contributed by atoms with van der Waals surface area (Å²) in [5.74, 6) is 0.474. The highest BCUT2D eigenvalue weighted by atomic mass is 35.5. The van der Waals surface area contributed by atoms with E-state index >= 15 is 0 Å². The summed E-state index contributed by atoms with van der Waals surface area (Å²) in [7, 11) is 1.57. The van der Waals surface area contributed by atoms with Crippen molar-refractivity contribution < 1.29 is 9.53 Å². The molecule has 1 N–H and O–H groups in total. The zero-order valence-electron chi connectivity index (χ0n) is 17.7. The van der Waals surface area contributed by atoms with E-state index < -0.39 is 6.10 Å². The smallest absolute Gasteiger partial charge is 0.249 e. The van der Waals surface area contributed by atoms with Crippen molar-refractivity contribution in [2.24, 2.45) is 0 Å². The lowest BCUT2D eigenvalue weighted by molar-refractivity contribution is -0.131. The number of amides is 1. The topological polar surface area (TPSA) is 41.6 Å². The molecule has 30 heavy (non-hydrogen) atoms. The maximum absolute atomic E-state index is 12.1. The third-order valence-electron chi connectivity index (χ3n) is 7.46. The average Bonchev–Trinajstić information content (AvgIpc) is 3.26. The summed E-state index contributed by atoms with van der Waals surface area (Å²) in [5.41, 5.74) is 5.87. The highest BCUT2D eigenvalue weighted by Gasteiger charge is 2.53. The standard InChI is InChI=1S/C25H29ClN2O2/c1-16(30-2)24(29)27-18-9-11-28(12-10-18)15-25-14-21(19-5-3-4-6-22(19)25)20-8-7-17(26)13-23(20)25/h3-8,13,16,18,21H,9-12,14-15H2,1-2H3,(H,27,29)/t16-,21?,25?/m1/s1. The summed E-state index contributed by atoms with van der Waals surface area (Å²) < 4.78 is 5.14. The number of hydrogen-bond acceptors (Lipinski definition) is 3. The number of carbonyl (C=O) groups is 1. The van der Waals surface area contributed by atoms with Gasteiger partial charge in [0.15, 0.2) is 0 Å². The van der Waals surface area contributed by atoms with Gasteiger partial charge in [0.1, 0.15) is 6.10 Å². The zero-order chi connectivity index (χ0) is 20.9. The van der Waals surface area contributed by atoms with E-state index in [1.807, 2.05) is 6.07 Å². The SMILES string of the molecule is CO[C@H](C)C(=O)NC1CCN(CC23CC(c4ccccc42)c2ccc(Cl)cc23)CC1. The van der Waals surface area contributed by atoms with Crippen LogP contribution in [0.1, 0.15) is 54.4 Å². The molecule has 2 aromatic rings. The lowest BCUT2D eigenvalue weighted by atomic mass is 9.74. The molecule has 2 unspecified atom stereocenters. The van der Waals surface area contributed by atoms with Gasteiger partial charge in [-0.2, -0.15) is 0 Å². The molecule has 2 aliphatic carbocycles. The van der Waals surface area contributed by atoms with Crippen LogP contribution in [0, 0.1) is 0 Å². The number of methoxy groups -OCH3 is 1. The summed E-state index contributed by atoms with van der Waals surface area (Å²) in [6.07, 6.45) is 2.70. The second-order valence-corrected chi connectivity index (χ2v) is 9.53. The molecular weight excluding hydrogens is 396 g/mol. The first-order valence-corrected chi connectivity index (χ1v) is 11.3. The van der Waals surface area contributed by atoms with Gasteiger partial charge in [-0.3, -0.25) is 4.79 Å². The lowest BCUT2D eigenvalue weighted by Crippen LogP contribution is -2.50. The van der Waals surface area contributed by atoms with Crippen LogP contribution in [0.25, 0.3) is 0 Å². The van der Waals surface area contributed by atoms with Crippen LogP contribution in [0.5, 0.6) is 0 Å². The van der Waals surface area contributed by atoms with E-state index in [4.69, 9.17) is 16.3 Å². The van der Waals surface area contributed by atoms with Gasteiger partial charge in [-0.05, 0) is 60.6 Å². The van der Waals surface area contributed by atoms with Crippen molar-refractivity contribution in [3.8, 4) is 0 Å². The third-order valence-corrected chi connectivity index (χ3v) is 7.70. The number of ether oxygens (including phenoxy) is 1. The minimum absolute atomic E-state index is 0.0125. The molecule has 4 nitrogen and oxygen atoms in total. The molecular formula is C25H29ClN2O2. The van der Waals surface area contributed by atoms with Gasteiger partial charge in [0.2, 0.25) is 5.91 Å². The minimum atomic E-state index is -0.395. The first kappa shape index (κ1) is 20.0. The number of benzene rings is 2. The largest absolute Gasteiger partial charge is 0.372 e. The summed E-state index contributed by atoms with van der Waals surface area (Å²) in [5, 5.41) is 3.97. The Morgan fingerprint density at radius 3 is 2.70 bits per heavy atom. The normalized spacial score (nSPS) is 26.3. The summed E-state index contributed by atoms with van der Waals surface area (Å²) in [4.78, 5) is 14.7. The minimum Gasteiger partial charge on any atom is -0.372 e. The molecule has 5 heteroatoms. The van der Waals surface area contributed by atoms with Gasteiger partial charge in [-0.25, -0.2) is 0 Å². The fraction of sp³-hybridized carbons (Fsp3) is 0.480. The second kappa shape index (κ2) is 7.67. The van der Waals surface area contributed by atoms with Crippen LogP contribution in [0.15, 0.2) is 42.5 Å². The molecule has 1 fully saturated rings. The predicted octanol–water partition coefficient (Wildman–Crippen LogP) is 4.09. The number of nitrogens with one attached hydrogen (secondary N) is 1. The molecule has 0 radical (unpaired) electrons. The van der Waals surface area contributed by atoms with Gasteiger partial charge >= 0.3 is 0 Å². The van der Waals surface area contributed by atoms with Gasteiger partial charge in [0.25, 0.3) is 0 Å². The third kappa shape index (κ3) is 3.17. The molecule has 0 aromatic heterocycles. The molecule has 0 spiro atoms. The average molecular weight is 425 g/mol. The molecule has 2 bridgehead atoms. The van der Waals surface area contributed by atoms with Crippen LogP contribution in [-0.4, -0.2) is 49.7 Å². The van der Waals surface area contributed by atoms with Crippen LogP contribution in [0.3, 0.4) is 0 Å². The number of halogens is 1. The lowest BCUT2D eigenvalue weighted by Gasteiger charge is -2.40. The number of rotatable bonds is 5. The fourth-order valence-corrected chi connectivity index (χ4v) is 6.03. The van der Waals surface area contributed by atoms with E-state index in [0.717, 1.165) is 43.9 Å². The van der Waals surface area contributed by atoms with Gasteiger partial charge < -0.3 is 15.0 Å². The van der Waals surface area contributed by atoms with Crippen molar-refractivity contribution in [1.82, 2.24) is 10.2 Å². The zero-order valence-corrected chi connectivity index (χ0v) is 18.4. The molecule has 158 valence electrons. The number of fused-ring (bicyclic) bond motifs is 8. The Hall–Kier alpha value is -1.88. The van der Waals surface area contributed by atoms with Gasteiger partial charge in [-0.1, -0.05) is 41.9 Å². The molecule has 3 aliphatic rings. The first-order chi connectivity index (χ1) is 14.5. The van der Waals surface area contributed by atoms with E-state index in [1.165, 1.54) is 22.3 Å². The molecule has 1 saturated heterocycles. The van der Waals surface area contributed by atoms with Crippen LogP contribution in [-0.2, 0) is 14.9 Å². The van der Waals surface area contributed by atoms with Crippen molar-refractivity contribution in [1.29, 1.82) is 0 Å². The van der Waals surface area contributed by atoms with Crippen LogP contribution in [0.2, 0.25) is 5.02 Å². The van der Waals surface area contributed by atoms with Crippen molar-refractivity contribution in [2.75, 3.05) is 26.7 Å². The Morgan fingerprint density at radius 1 is 1.20 bits per heavy atom. The van der Waals surface area contributed by atoms with E-state index in [-0.39, 0.29) is 17.4 Å². The second-order valence-electron chi connectivity index (χ2n) is 9.09. The van der Waals surface area contributed by atoms with Crippen molar-refractivity contribution >= 4 is 17.5 Å². The fourth-order valence-electron chi connectivity index (χ4n) is 5.86. The van der Waals surface area contributed by atoms with E-state index in [9.17, 15) is 4.79 Å². The van der Waals surface area contributed by atoms with E-state index in [1.54, 1.807) is 14.0 Å². The predicted molar refractivity (Wildman–Crippen MR) is 119 cm³/mol. The van der Waals surface area contributed by atoms with Crippen molar-refractivity contribution in [2.45, 2.75) is 49.7 Å². The van der Waals surface area contributed by atoms with Crippen molar-refractivity contribution in [3.63, 3.8) is 0 Å². The Balaban J connectivity index is 1.35. The Kier molecular flexibility index (Phi) is 5.12. The molecule has 5 rings (SSSR count). The number of hydrogen-bond donors (Lipinski definition) is 1. The summed E-state index contributed by atoms with van der Waals surface area (Å²) in [6.45, 7) is 4.80. The number of piperidine rings is 1. The van der Waals surface area contributed by atoms with E-state index in [2.05, 4.69) is 46.6 Å². The van der Waals surface area contributed by atoms with Gasteiger partial charge in [0.05, 0.1) is 0 Å². The molecule has 3 atom stereocenters. The molecule has 1 aliphatic heterocycles. The maximum Gasteiger partial charge on any atom is 0.249 e. The highest BCUT2D eigenvalue weighted by molar-refractivity contribution is 6.30. The van der Waals surface area contributed by atoms with Crippen LogP contribution >= 0.6 is 11.6 Å². The quantitative estimate of drug-likeness (QED) is 0.785. The maximum atomic E-state index is 12.1. The van der Waals surface area contributed by atoms with Crippen LogP contribution < -0.4 is 5.32 Å². The Labute approximate surface area is 183 Å². The number of likely N-dealkylation sites (tertiary alicyclic amines) is 1. The number of carbonyl (C=O) groups excluding carboxylic acids is 1. The molecule has 1 amide bonds. The van der Waals surface area contributed by atoms with Crippen molar-refractivity contribution in [3.05, 3.63) is 69.7 Å². The Bertz CT molecular complexity index is 969. The van der Waals surface area contributed by atoms with E-state index in [0.29, 0.717) is 5.92 Å². The van der Waals surface area contributed by atoms with Gasteiger partial charge in [0, 0.05) is 49.1 Å². The first-order valence-electron chi connectivity index (χ1n) is 11.0. The molecule has 1 heterocycles. The highest BCUT2D eigenvalue weighted by Crippen LogP contribution is 2.60. The molecule has 2 aromatic carbocycles. The summed E-state index contributed by atoms with van der Waals surface area (Å²) >= 11 is 6.43. The molecule has 0 saturated carbocycles.